The molecule has 3 rings (SSSR count). The molecule has 0 bridgehead atoms. The number of thiazole rings is 1. The average Bonchev–Trinajstić information content (AvgIpc) is 3.07. The predicted molar refractivity (Wildman–Crippen MR) is 86.8 cm³/mol. The minimum Gasteiger partial charge on any atom is -0.380 e. The van der Waals surface area contributed by atoms with Gasteiger partial charge in [0, 0.05) is 12.0 Å². The van der Waals surface area contributed by atoms with E-state index in [1.807, 2.05) is 11.3 Å². The molecule has 4 heteroatoms. The molecular formula is C17H22N2OS. The highest BCUT2D eigenvalue weighted by molar-refractivity contribution is 7.11. The first-order valence-electron chi connectivity index (χ1n) is 7.61. The van der Waals surface area contributed by atoms with Gasteiger partial charge in [-0.3, -0.25) is 0 Å². The van der Waals surface area contributed by atoms with E-state index in [1.54, 1.807) is 7.11 Å². The van der Waals surface area contributed by atoms with Gasteiger partial charge in [-0.05, 0) is 36.9 Å². The van der Waals surface area contributed by atoms with Crippen LogP contribution in [0.3, 0.4) is 0 Å². The number of nitrogens with one attached hydrogen (secondary N) is 1. The van der Waals surface area contributed by atoms with Gasteiger partial charge < -0.3 is 10.1 Å². The summed E-state index contributed by atoms with van der Waals surface area (Å²) in [6.45, 7) is 3.75. The lowest BCUT2D eigenvalue weighted by atomic mass is 10.1. The van der Waals surface area contributed by atoms with E-state index in [-0.39, 0.29) is 6.04 Å². The molecule has 0 saturated carbocycles. The summed E-state index contributed by atoms with van der Waals surface area (Å²) in [5.74, 6) is 0. The fraction of sp³-hybridized carbons (Fsp3) is 0.471. The van der Waals surface area contributed by atoms with E-state index < -0.39 is 0 Å². The SMILES string of the molecule is CCNC(c1ccc(COC)cc1)c1nc2c(s1)CCC2. The van der Waals surface area contributed by atoms with Crippen LogP contribution in [0.2, 0.25) is 0 Å². The standard InChI is InChI=1S/C17H22N2OS/c1-3-18-16(13-9-7-12(8-10-13)11-20-2)17-19-14-5-4-6-15(14)21-17/h7-10,16,18H,3-6,11H2,1-2H3. The third kappa shape index (κ3) is 3.18. The average molecular weight is 302 g/mol. The largest absolute Gasteiger partial charge is 0.380 e. The fourth-order valence-electron chi connectivity index (χ4n) is 2.86. The van der Waals surface area contributed by atoms with E-state index in [1.165, 1.54) is 39.5 Å². The summed E-state index contributed by atoms with van der Waals surface area (Å²) in [4.78, 5) is 6.37. The molecule has 0 saturated heterocycles. The normalized spacial score (nSPS) is 15.1. The highest BCUT2D eigenvalue weighted by atomic mass is 32.1. The van der Waals surface area contributed by atoms with Crippen LogP contribution < -0.4 is 5.32 Å². The molecule has 1 N–H and O–H groups in total. The van der Waals surface area contributed by atoms with E-state index >= 15 is 0 Å². The summed E-state index contributed by atoms with van der Waals surface area (Å²) in [5, 5.41) is 4.78. The summed E-state index contributed by atoms with van der Waals surface area (Å²) in [6, 6.07) is 8.87. The number of ether oxygens (including phenoxy) is 1. The van der Waals surface area contributed by atoms with Gasteiger partial charge in [-0.25, -0.2) is 4.98 Å². The smallest absolute Gasteiger partial charge is 0.115 e. The Bertz CT molecular complexity index is 570. The number of aryl methyl sites for hydroxylation is 2. The molecule has 1 aliphatic rings. The van der Waals surface area contributed by atoms with Crippen LogP contribution in [0, 0.1) is 0 Å². The molecule has 2 aromatic rings. The molecule has 0 radical (unpaired) electrons. The molecule has 0 amide bonds. The Morgan fingerprint density at radius 1 is 1.29 bits per heavy atom. The van der Waals surface area contributed by atoms with Crippen molar-refractivity contribution >= 4 is 11.3 Å². The molecular weight excluding hydrogens is 280 g/mol. The second-order valence-electron chi connectivity index (χ2n) is 5.44. The van der Waals surface area contributed by atoms with E-state index in [9.17, 15) is 0 Å². The van der Waals surface area contributed by atoms with Crippen molar-refractivity contribution in [3.63, 3.8) is 0 Å². The molecule has 1 aromatic heterocycles. The van der Waals surface area contributed by atoms with Crippen molar-refractivity contribution in [3.05, 3.63) is 51.0 Å². The van der Waals surface area contributed by atoms with Gasteiger partial charge in [0.05, 0.1) is 18.3 Å². The van der Waals surface area contributed by atoms with Gasteiger partial charge in [0.25, 0.3) is 0 Å². The number of benzene rings is 1. The molecule has 112 valence electrons. The van der Waals surface area contributed by atoms with Gasteiger partial charge in [-0.15, -0.1) is 11.3 Å². The van der Waals surface area contributed by atoms with Gasteiger partial charge >= 0.3 is 0 Å². The summed E-state index contributed by atoms with van der Waals surface area (Å²) in [6.07, 6.45) is 3.63. The minimum absolute atomic E-state index is 0.210. The second-order valence-corrected chi connectivity index (χ2v) is 6.56. The van der Waals surface area contributed by atoms with Crippen molar-refractivity contribution in [2.75, 3.05) is 13.7 Å². The molecule has 1 aromatic carbocycles. The Balaban J connectivity index is 1.85. The van der Waals surface area contributed by atoms with Crippen molar-refractivity contribution in [2.24, 2.45) is 0 Å². The number of rotatable bonds is 6. The Hall–Kier alpha value is -1.23. The van der Waals surface area contributed by atoms with Crippen LogP contribution in [0.1, 0.15) is 46.1 Å². The molecule has 1 heterocycles. The first-order valence-corrected chi connectivity index (χ1v) is 8.43. The molecule has 0 fully saturated rings. The zero-order valence-electron chi connectivity index (χ0n) is 12.7. The molecule has 1 unspecified atom stereocenters. The monoisotopic (exact) mass is 302 g/mol. The Morgan fingerprint density at radius 2 is 2.10 bits per heavy atom. The van der Waals surface area contributed by atoms with Crippen LogP contribution in [0.4, 0.5) is 0 Å². The highest BCUT2D eigenvalue weighted by Crippen LogP contribution is 2.33. The van der Waals surface area contributed by atoms with E-state index in [2.05, 4.69) is 36.5 Å². The zero-order chi connectivity index (χ0) is 14.7. The maximum absolute atomic E-state index is 5.18. The third-order valence-electron chi connectivity index (χ3n) is 3.89. The van der Waals surface area contributed by atoms with E-state index in [0.717, 1.165) is 13.0 Å². The van der Waals surface area contributed by atoms with Crippen molar-refractivity contribution < 1.29 is 4.74 Å². The summed E-state index contributed by atoms with van der Waals surface area (Å²) < 4.78 is 5.18. The number of fused-ring (bicyclic) bond motifs is 1. The van der Waals surface area contributed by atoms with Gasteiger partial charge in [-0.1, -0.05) is 31.2 Å². The van der Waals surface area contributed by atoms with Crippen LogP contribution >= 0.6 is 11.3 Å². The maximum atomic E-state index is 5.18. The lowest BCUT2D eigenvalue weighted by Gasteiger charge is -2.16. The fourth-order valence-corrected chi connectivity index (χ4v) is 4.12. The van der Waals surface area contributed by atoms with Crippen LogP contribution in [0.15, 0.2) is 24.3 Å². The molecule has 1 aliphatic carbocycles. The summed E-state index contributed by atoms with van der Waals surface area (Å²) >= 11 is 1.88. The first-order chi connectivity index (χ1) is 10.3. The number of hydrogen-bond acceptors (Lipinski definition) is 4. The second kappa shape index (κ2) is 6.69. The molecule has 3 nitrogen and oxygen atoms in total. The molecule has 0 spiro atoms. The Kier molecular flexibility index (Phi) is 4.68. The van der Waals surface area contributed by atoms with Gasteiger partial charge in [0.2, 0.25) is 0 Å². The summed E-state index contributed by atoms with van der Waals surface area (Å²) in [7, 11) is 1.73. The quantitative estimate of drug-likeness (QED) is 0.887. The topological polar surface area (TPSA) is 34.1 Å². The van der Waals surface area contributed by atoms with Crippen molar-refractivity contribution in [2.45, 2.75) is 38.8 Å². The Labute approximate surface area is 130 Å². The lowest BCUT2D eigenvalue weighted by Crippen LogP contribution is -2.22. The first kappa shape index (κ1) is 14.7. The Morgan fingerprint density at radius 3 is 2.76 bits per heavy atom. The predicted octanol–water partition coefficient (Wildman–Crippen LogP) is 3.48. The number of methoxy groups -OCH3 is 1. The zero-order valence-corrected chi connectivity index (χ0v) is 13.5. The number of aromatic nitrogens is 1. The van der Waals surface area contributed by atoms with Crippen LogP contribution in [-0.2, 0) is 24.2 Å². The van der Waals surface area contributed by atoms with Gasteiger partial charge in [0.1, 0.15) is 5.01 Å². The van der Waals surface area contributed by atoms with Gasteiger partial charge in [-0.2, -0.15) is 0 Å². The lowest BCUT2D eigenvalue weighted by molar-refractivity contribution is 0.185. The molecule has 21 heavy (non-hydrogen) atoms. The van der Waals surface area contributed by atoms with Crippen molar-refractivity contribution in [1.29, 1.82) is 0 Å². The van der Waals surface area contributed by atoms with Crippen LogP contribution in [0.25, 0.3) is 0 Å². The van der Waals surface area contributed by atoms with Crippen molar-refractivity contribution in [1.82, 2.24) is 10.3 Å². The van der Waals surface area contributed by atoms with Gasteiger partial charge in [0.15, 0.2) is 0 Å². The van der Waals surface area contributed by atoms with Crippen molar-refractivity contribution in [3.8, 4) is 0 Å². The van der Waals surface area contributed by atoms with Crippen LogP contribution in [0.5, 0.6) is 0 Å². The number of nitrogens with zero attached hydrogens (tertiary/aromatic N) is 1. The molecule has 0 aliphatic heterocycles. The van der Waals surface area contributed by atoms with E-state index in [0.29, 0.717) is 6.61 Å². The minimum atomic E-state index is 0.210. The number of hydrogen-bond donors (Lipinski definition) is 1. The van der Waals surface area contributed by atoms with E-state index in [4.69, 9.17) is 9.72 Å². The maximum Gasteiger partial charge on any atom is 0.115 e. The third-order valence-corrected chi connectivity index (χ3v) is 5.11. The highest BCUT2D eigenvalue weighted by Gasteiger charge is 2.22. The summed E-state index contributed by atoms with van der Waals surface area (Å²) in [5.41, 5.74) is 3.82. The molecule has 1 atom stereocenters. The van der Waals surface area contributed by atoms with Crippen LogP contribution in [-0.4, -0.2) is 18.6 Å².